The topological polar surface area (TPSA) is 65.1 Å². The zero-order valence-electron chi connectivity index (χ0n) is 18.0. The average molecular weight is 422 g/mol. The van der Waals surface area contributed by atoms with Gasteiger partial charge in [0.2, 0.25) is 0 Å². The second-order valence-electron chi connectivity index (χ2n) is 7.53. The molecule has 2 rings (SSSR count). The van der Waals surface area contributed by atoms with Crippen LogP contribution in [0.3, 0.4) is 0 Å². The number of aliphatic hydroxyl groups is 1. The predicted molar refractivity (Wildman–Crippen MR) is 113 cm³/mol. The van der Waals surface area contributed by atoms with Crippen LogP contribution in [0.4, 0.5) is 4.39 Å². The molecule has 0 aliphatic heterocycles. The maximum atomic E-state index is 14.1. The summed E-state index contributed by atoms with van der Waals surface area (Å²) in [4.78, 5) is 12.7. The van der Waals surface area contributed by atoms with Crippen LogP contribution in [0.15, 0.2) is 42.6 Å². The van der Waals surface area contributed by atoms with Gasteiger partial charge in [0.25, 0.3) is 0 Å². The van der Waals surface area contributed by atoms with Crippen molar-refractivity contribution in [2.75, 3.05) is 33.4 Å². The number of esters is 1. The Morgan fingerprint density at radius 2 is 2.07 bits per heavy atom. The second-order valence-corrected chi connectivity index (χ2v) is 7.53. The number of carbonyl (C=O) groups is 1. The van der Waals surface area contributed by atoms with Crippen LogP contribution >= 0.6 is 0 Å². The van der Waals surface area contributed by atoms with Crippen molar-refractivity contribution in [1.82, 2.24) is 4.57 Å². The lowest BCUT2D eigenvalue weighted by molar-refractivity contribution is -0.917. The van der Waals surface area contributed by atoms with Crippen LogP contribution < -0.4 is 4.90 Å². The standard InChI is InChI=1S/C23H33FN2O4/c1-3-8-23(28)30-18-21(27)17-25(12-7-14-29-2)16-20-10-6-13-26(20)15-19-9-4-5-11-22(19)24/h4-6,9-11,13,21,27H,3,7-8,12,14-18H2,1-2H3/p+1/t21-/m1/s1. The van der Waals surface area contributed by atoms with Crippen LogP contribution in [-0.4, -0.2) is 55.2 Å². The van der Waals surface area contributed by atoms with Crippen molar-refractivity contribution < 1.29 is 28.7 Å². The van der Waals surface area contributed by atoms with E-state index in [0.717, 1.165) is 30.0 Å². The molecule has 0 saturated heterocycles. The summed E-state index contributed by atoms with van der Waals surface area (Å²) in [6.07, 6.45) is 3.14. The van der Waals surface area contributed by atoms with Gasteiger partial charge in [0.1, 0.15) is 31.6 Å². The van der Waals surface area contributed by atoms with Gasteiger partial charge in [-0.05, 0) is 24.6 Å². The number of halogens is 1. The van der Waals surface area contributed by atoms with Crippen LogP contribution in [0.2, 0.25) is 0 Å². The van der Waals surface area contributed by atoms with E-state index in [2.05, 4.69) is 0 Å². The van der Waals surface area contributed by atoms with Crippen molar-refractivity contribution in [3.05, 3.63) is 59.7 Å². The summed E-state index contributed by atoms with van der Waals surface area (Å²) in [6.45, 7) is 4.94. The number of carbonyl (C=O) groups excluding carboxylic acids is 1. The third kappa shape index (κ3) is 8.26. The number of hydrogen-bond donors (Lipinski definition) is 2. The summed E-state index contributed by atoms with van der Waals surface area (Å²) < 4.78 is 26.4. The number of aromatic nitrogens is 1. The van der Waals surface area contributed by atoms with E-state index >= 15 is 0 Å². The fourth-order valence-electron chi connectivity index (χ4n) is 3.42. The van der Waals surface area contributed by atoms with Crippen LogP contribution in [0.1, 0.15) is 37.4 Å². The first-order chi connectivity index (χ1) is 14.5. The first-order valence-corrected chi connectivity index (χ1v) is 10.6. The fraction of sp³-hybridized carbons (Fsp3) is 0.522. The number of methoxy groups -OCH3 is 1. The van der Waals surface area contributed by atoms with E-state index in [0.29, 0.717) is 38.2 Å². The number of benzene rings is 1. The molecule has 0 radical (unpaired) electrons. The van der Waals surface area contributed by atoms with E-state index in [1.165, 1.54) is 6.07 Å². The third-order valence-electron chi connectivity index (χ3n) is 4.95. The summed E-state index contributed by atoms with van der Waals surface area (Å²) >= 11 is 0. The van der Waals surface area contributed by atoms with Gasteiger partial charge >= 0.3 is 5.97 Å². The highest BCUT2D eigenvalue weighted by atomic mass is 19.1. The van der Waals surface area contributed by atoms with Gasteiger partial charge in [0.15, 0.2) is 0 Å². The van der Waals surface area contributed by atoms with Gasteiger partial charge in [-0.1, -0.05) is 25.1 Å². The molecule has 2 N–H and O–H groups in total. The number of nitrogens with zero attached hydrogens (tertiary/aromatic N) is 1. The Hall–Kier alpha value is -2.22. The van der Waals surface area contributed by atoms with Crippen molar-refractivity contribution in [3.63, 3.8) is 0 Å². The Labute approximate surface area is 178 Å². The van der Waals surface area contributed by atoms with Gasteiger partial charge in [-0.25, -0.2) is 4.39 Å². The summed E-state index contributed by atoms with van der Waals surface area (Å²) in [5.41, 5.74) is 1.69. The molecule has 7 heteroatoms. The van der Waals surface area contributed by atoms with Gasteiger partial charge in [-0.15, -0.1) is 0 Å². The molecule has 6 nitrogen and oxygen atoms in total. The summed E-state index contributed by atoms with van der Waals surface area (Å²) in [6, 6.07) is 10.7. The highest BCUT2D eigenvalue weighted by Crippen LogP contribution is 2.11. The van der Waals surface area contributed by atoms with E-state index in [1.54, 1.807) is 19.2 Å². The molecule has 0 spiro atoms. The molecule has 0 bridgehead atoms. The molecule has 1 aromatic carbocycles. The lowest BCUT2D eigenvalue weighted by Crippen LogP contribution is -3.12. The Morgan fingerprint density at radius 1 is 1.27 bits per heavy atom. The predicted octanol–water partition coefficient (Wildman–Crippen LogP) is 1.80. The van der Waals surface area contributed by atoms with Crippen molar-refractivity contribution in [3.8, 4) is 0 Å². The monoisotopic (exact) mass is 421 g/mol. The van der Waals surface area contributed by atoms with Gasteiger partial charge in [0.05, 0.1) is 25.4 Å². The minimum atomic E-state index is -0.738. The molecule has 2 atom stereocenters. The summed E-state index contributed by atoms with van der Waals surface area (Å²) in [7, 11) is 1.67. The quantitative estimate of drug-likeness (QED) is 0.361. The normalized spacial score (nSPS) is 13.2. The van der Waals surface area contributed by atoms with Gasteiger partial charge in [-0.2, -0.15) is 0 Å². The van der Waals surface area contributed by atoms with Crippen LogP contribution in [0.25, 0.3) is 0 Å². The molecule has 0 aliphatic rings. The van der Waals surface area contributed by atoms with Crippen LogP contribution in [0, 0.1) is 5.82 Å². The smallest absolute Gasteiger partial charge is 0.305 e. The zero-order chi connectivity index (χ0) is 21.8. The molecule has 1 heterocycles. The Balaban J connectivity index is 1.99. The second kappa shape index (κ2) is 13.2. The van der Waals surface area contributed by atoms with Gasteiger partial charge in [-0.3, -0.25) is 4.79 Å². The van der Waals surface area contributed by atoms with E-state index in [9.17, 15) is 14.3 Å². The Morgan fingerprint density at radius 3 is 2.80 bits per heavy atom. The Bertz CT molecular complexity index is 765. The molecule has 0 aliphatic carbocycles. The van der Waals surface area contributed by atoms with E-state index in [-0.39, 0.29) is 18.4 Å². The molecule has 2 aromatic rings. The lowest BCUT2D eigenvalue weighted by Gasteiger charge is -2.23. The molecule has 30 heavy (non-hydrogen) atoms. The largest absolute Gasteiger partial charge is 0.463 e. The average Bonchev–Trinajstić information content (AvgIpc) is 3.15. The maximum Gasteiger partial charge on any atom is 0.305 e. The first kappa shape index (κ1) is 24.1. The number of hydrogen-bond acceptors (Lipinski definition) is 4. The van der Waals surface area contributed by atoms with Crippen molar-refractivity contribution >= 4 is 5.97 Å². The molecule has 0 amide bonds. The van der Waals surface area contributed by atoms with Crippen LogP contribution in [0.5, 0.6) is 0 Å². The third-order valence-corrected chi connectivity index (χ3v) is 4.95. The molecule has 166 valence electrons. The number of ether oxygens (including phenoxy) is 2. The zero-order valence-corrected chi connectivity index (χ0v) is 18.0. The minimum absolute atomic E-state index is 0.00283. The maximum absolute atomic E-state index is 14.1. The number of quaternary nitrogens is 1. The van der Waals surface area contributed by atoms with Crippen molar-refractivity contribution in [2.24, 2.45) is 0 Å². The molecule has 1 aromatic heterocycles. The number of nitrogens with one attached hydrogen (secondary N) is 1. The summed E-state index contributed by atoms with van der Waals surface area (Å²) in [5, 5.41) is 10.4. The van der Waals surface area contributed by atoms with Crippen molar-refractivity contribution in [2.45, 2.75) is 45.4 Å². The molecule has 1 unspecified atom stereocenters. The number of aliphatic hydroxyl groups excluding tert-OH is 1. The van der Waals surface area contributed by atoms with E-state index in [1.807, 2.05) is 35.9 Å². The van der Waals surface area contributed by atoms with E-state index in [4.69, 9.17) is 9.47 Å². The SMILES string of the molecule is CCCC(=O)OC[C@H](O)C[NH+](CCCOC)Cc1cccn1Cc1ccccc1F. The van der Waals surface area contributed by atoms with Gasteiger partial charge < -0.3 is 24.0 Å². The van der Waals surface area contributed by atoms with Gasteiger partial charge in [0, 0.05) is 31.7 Å². The van der Waals surface area contributed by atoms with E-state index < -0.39 is 6.10 Å². The highest BCUT2D eigenvalue weighted by molar-refractivity contribution is 5.69. The lowest BCUT2D eigenvalue weighted by atomic mass is 10.2. The van der Waals surface area contributed by atoms with Crippen LogP contribution in [-0.2, 0) is 27.4 Å². The minimum Gasteiger partial charge on any atom is -0.463 e. The molecule has 0 saturated carbocycles. The highest BCUT2D eigenvalue weighted by Gasteiger charge is 2.19. The summed E-state index contributed by atoms with van der Waals surface area (Å²) in [5.74, 6) is -0.498. The van der Waals surface area contributed by atoms with Crippen molar-refractivity contribution in [1.29, 1.82) is 0 Å². The molecule has 0 fully saturated rings. The fourth-order valence-corrected chi connectivity index (χ4v) is 3.42. The molecular formula is C23H34FN2O4+. The first-order valence-electron chi connectivity index (χ1n) is 10.6. The molecular weight excluding hydrogens is 387 g/mol. The number of rotatable bonds is 14. The Kier molecular flexibility index (Phi) is 10.5.